The molecule has 2 aromatic carbocycles. The molecule has 1 aromatic heterocycles. The molecule has 1 heterocycles. The smallest absolute Gasteiger partial charge is 0.493 e. The second-order valence-corrected chi connectivity index (χ2v) is 14.2. The molecule has 1 atom stereocenters. The average molecular weight is 697 g/mol. The number of fused-ring (bicyclic) bond motifs is 1. The zero-order valence-electron chi connectivity index (χ0n) is 29.4. The molecule has 0 aliphatic carbocycles. The maximum absolute atomic E-state index is 14.5. The Bertz CT molecular complexity index is 1590. The summed E-state index contributed by atoms with van der Waals surface area (Å²) in [5, 5.41) is 0.428. The van der Waals surface area contributed by atoms with Gasteiger partial charge in [0.25, 0.3) is 0 Å². The van der Waals surface area contributed by atoms with E-state index in [0.717, 1.165) is 19.3 Å². The van der Waals surface area contributed by atoms with Crippen LogP contribution in [0, 0.1) is 10.8 Å². The van der Waals surface area contributed by atoms with Crippen molar-refractivity contribution in [2.45, 2.75) is 118 Å². The van der Waals surface area contributed by atoms with Gasteiger partial charge in [0.15, 0.2) is 0 Å². The van der Waals surface area contributed by atoms with Crippen molar-refractivity contribution in [2.24, 2.45) is 10.8 Å². The summed E-state index contributed by atoms with van der Waals surface area (Å²) in [6.45, 7) is 11.8. The van der Waals surface area contributed by atoms with Crippen LogP contribution in [0.5, 0.6) is 11.5 Å². The molecule has 0 saturated heterocycles. The summed E-state index contributed by atoms with van der Waals surface area (Å²) in [6.07, 6.45) is -1.23. The molecular weight excluding hydrogens is 647 g/mol. The normalized spacial score (nSPS) is 13.7. The molecule has 0 bridgehead atoms. The zero-order chi connectivity index (χ0) is 36.5. The molecule has 3 aromatic rings. The molecule has 6 nitrogen and oxygen atoms in total. The highest BCUT2D eigenvalue weighted by Crippen LogP contribution is 2.38. The van der Waals surface area contributed by atoms with E-state index in [-0.39, 0.29) is 59.9 Å². The molecule has 11 heteroatoms. The second-order valence-electron chi connectivity index (χ2n) is 14.2. The fraction of sp³-hybridized carbons (Fsp3) is 0.579. The Morgan fingerprint density at radius 3 is 2.14 bits per heavy atom. The fourth-order valence-corrected chi connectivity index (χ4v) is 5.93. The molecule has 1 unspecified atom stereocenters. The number of unbranched alkanes of at least 4 members (excludes halogenated alkanes) is 2. The van der Waals surface area contributed by atoms with Gasteiger partial charge in [0.2, 0.25) is 5.92 Å². The Morgan fingerprint density at radius 1 is 0.816 bits per heavy atom. The number of carbonyl (C=O) groups is 1. The summed E-state index contributed by atoms with van der Waals surface area (Å²) >= 11 is 0. The maximum atomic E-state index is 14.5. The fourth-order valence-electron chi connectivity index (χ4n) is 5.93. The van der Waals surface area contributed by atoms with E-state index in [1.807, 2.05) is 41.5 Å². The lowest BCUT2D eigenvalue weighted by atomic mass is 9.73. The minimum atomic E-state index is -4.96. The number of aryl methyl sites for hydroxylation is 1. The predicted molar refractivity (Wildman–Crippen MR) is 180 cm³/mol. The maximum Gasteiger partial charge on any atom is 0.573 e. The number of esters is 1. The minimum absolute atomic E-state index is 0.0250. The second kappa shape index (κ2) is 16.9. The van der Waals surface area contributed by atoms with E-state index < -0.39 is 41.9 Å². The van der Waals surface area contributed by atoms with Gasteiger partial charge in [-0.3, -0.25) is 4.79 Å². The minimum Gasteiger partial charge on any atom is -0.493 e. The highest BCUT2D eigenvalue weighted by Gasteiger charge is 2.37. The summed E-state index contributed by atoms with van der Waals surface area (Å²) in [7, 11) is 0. The molecule has 0 fully saturated rings. The van der Waals surface area contributed by atoms with Crippen LogP contribution in [0.1, 0.15) is 105 Å². The van der Waals surface area contributed by atoms with Crippen molar-refractivity contribution < 1.29 is 45.4 Å². The molecule has 0 N–H and O–H groups in total. The van der Waals surface area contributed by atoms with Crippen molar-refractivity contribution in [3.05, 3.63) is 58.4 Å². The van der Waals surface area contributed by atoms with E-state index in [0.29, 0.717) is 30.2 Å². The summed E-state index contributed by atoms with van der Waals surface area (Å²) in [5.41, 5.74) is -0.967. The van der Waals surface area contributed by atoms with Crippen molar-refractivity contribution in [3.63, 3.8) is 0 Å². The molecule has 0 aliphatic heterocycles. The van der Waals surface area contributed by atoms with Gasteiger partial charge in [0.05, 0.1) is 24.2 Å². The van der Waals surface area contributed by atoms with Gasteiger partial charge >= 0.3 is 18.0 Å². The Balaban J connectivity index is 1.58. The van der Waals surface area contributed by atoms with Gasteiger partial charge in [-0.1, -0.05) is 59.6 Å². The first kappa shape index (κ1) is 39.8. The summed E-state index contributed by atoms with van der Waals surface area (Å²) in [4.78, 5) is 25.6. The topological polar surface area (TPSA) is 75.0 Å². The van der Waals surface area contributed by atoms with Gasteiger partial charge in [-0.05, 0) is 80.7 Å². The van der Waals surface area contributed by atoms with Crippen LogP contribution in [0.25, 0.3) is 22.1 Å². The van der Waals surface area contributed by atoms with Gasteiger partial charge in [0.1, 0.15) is 17.1 Å². The Hall–Kier alpha value is -3.63. The van der Waals surface area contributed by atoms with Crippen molar-refractivity contribution in [3.8, 4) is 22.6 Å². The van der Waals surface area contributed by atoms with E-state index in [1.54, 1.807) is 18.2 Å². The quantitative estimate of drug-likeness (QED) is 0.0570. The van der Waals surface area contributed by atoms with Gasteiger partial charge in [-0.25, -0.2) is 13.6 Å². The van der Waals surface area contributed by atoms with Crippen LogP contribution < -0.4 is 15.1 Å². The molecule has 0 radical (unpaired) electrons. The highest BCUT2D eigenvalue weighted by molar-refractivity contribution is 5.84. The largest absolute Gasteiger partial charge is 0.573 e. The molecule has 0 spiro atoms. The van der Waals surface area contributed by atoms with Crippen LogP contribution in [0.3, 0.4) is 0 Å². The van der Waals surface area contributed by atoms with Crippen LogP contribution >= 0.6 is 0 Å². The lowest BCUT2D eigenvalue weighted by Crippen LogP contribution is -2.33. The third kappa shape index (κ3) is 12.6. The van der Waals surface area contributed by atoms with Gasteiger partial charge < -0.3 is 18.6 Å². The molecule has 272 valence electrons. The van der Waals surface area contributed by atoms with E-state index in [4.69, 9.17) is 13.9 Å². The number of benzene rings is 2. The van der Waals surface area contributed by atoms with Gasteiger partial charge in [-0.15, -0.1) is 13.2 Å². The van der Waals surface area contributed by atoms with E-state index in [9.17, 15) is 31.5 Å². The summed E-state index contributed by atoms with van der Waals surface area (Å²) in [5.74, 6) is -3.53. The summed E-state index contributed by atoms with van der Waals surface area (Å²) < 4.78 is 89.5. The van der Waals surface area contributed by atoms with Crippen molar-refractivity contribution in [2.75, 3.05) is 13.2 Å². The average Bonchev–Trinajstić information content (AvgIpc) is 3.00. The van der Waals surface area contributed by atoms with E-state index in [2.05, 4.69) is 4.74 Å². The SMILES string of the molecule is CCCCCc1ccc(-c2cc3ccc(OCCCC(F)(F)CCCOC(=O)C(C)(CC)CC(C)(C)C)cc3oc2=O)c(OC(F)(F)F)c1. The first-order chi connectivity index (χ1) is 22.8. The standard InChI is InChI=1S/C38H49F5O6/c1-7-9-10-13-26-14-17-29(32(22-26)49-38(41,42)43)30-23-27-15-16-28(24-31(27)48-33(30)44)46-20-11-18-37(39,40)19-12-21-47-34(45)36(6,8-2)25-35(3,4)5/h14-17,22-24H,7-13,18-21,25H2,1-6H3. The van der Waals surface area contributed by atoms with Gasteiger partial charge in [0, 0.05) is 29.9 Å². The van der Waals surface area contributed by atoms with Crippen molar-refractivity contribution in [1.82, 2.24) is 0 Å². The van der Waals surface area contributed by atoms with Crippen molar-refractivity contribution in [1.29, 1.82) is 0 Å². The number of alkyl halides is 5. The predicted octanol–water partition coefficient (Wildman–Crippen LogP) is 11.1. The first-order valence-electron chi connectivity index (χ1n) is 17.0. The highest BCUT2D eigenvalue weighted by atomic mass is 19.4. The third-order valence-corrected chi connectivity index (χ3v) is 8.41. The third-order valence-electron chi connectivity index (χ3n) is 8.41. The molecular formula is C38H49F5O6. The Morgan fingerprint density at radius 2 is 1.51 bits per heavy atom. The number of carbonyl (C=O) groups excluding carboxylic acids is 1. The van der Waals surface area contributed by atoms with Crippen LogP contribution in [0.15, 0.2) is 51.7 Å². The lowest BCUT2D eigenvalue weighted by molar-refractivity contribution is -0.274. The molecule has 0 amide bonds. The number of rotatable bonds is 18. The van der Waals surface area contributed by atoms with Gasteiger partial charge in [-0.2, -0.15) is 0 Å². The van der Waals surface area contributed by atoms with Crippen LogP contribution in [-0.4, -0.2) is 31.5 Å². The van der Waals surface area contributed by atoms with Crippen LogP contribution in [0.4, 0.5) is 22.0 Å². The van der Waals surface area contributed by atoms with E-state index >= 15 is 0 Å². The number of halogens is 5. The van der Waals surface area contributed by atoms with Crippen molar-refractivity contribution >= 4 is 16.9 Å². The summed E-state index contributed by atoms with van der Waals surface area (Å²) in [6, 6.07) is 10.4. The monoisotopic (exact) mass is 696 g/mol. The molecule has 49 heavy (non-hydrogen) atoms. The number of hydrogen-bond donors (Lipinski definition) is 0. The molecule has 3 rings (SSSR count). The van der Waals surface area contributed by atoms with Crippen LogP contribution in [-0.2, 0) is 16.0 Å². The van der Waals surface area contributed by atoms with E-state index in [1.165, 1.54) is 24.3 Å². The Labute approximate surface area is 285 Å². The number of ether oxygens (including phenoxy) is 3. The Kier molecular flexibility index (Phi) is 13.7. The van der Waals surface area contributed by atoms with Crippen LogP contribution in [0.2, 0.25) is 0 Å². The first-order valence-corrected chi connectivity index (χ1v) is 17.0. The molecule has 0 aliphatic rings. The zero-order valence-corrected chi connectivity index (χ0v) is 29.4. The lowest BCUT2D eigenvalue weighted by Gasteiger charge is -2.32. The molecule has 0 saturated carbocycles. The number of hydrogen-bond acceptors (Lipinski definition) is 6.